The zero-order valence-electron chi connectivity index (χ0n) is 4.63. The maximum absolute atomic E-state index is 8.79. The number of rotatable bonds is 0. The molecule has 46 valence electrons. The second-order valence-electron chi connectivity index (χ2n) is 1.45. The fourth-order valence-electron chi connectivity index (χ4n) is 0.452. The third kappa shape index (κ3) is 2.40. The van der Waals surface area contributed by atoms with Crippen LogP contribution >= 0.6 is 11.6 Å². The van der Waals surface area contributed by atoms with E-state index in [0.717, 1.165) is 0 Å². The molecular weight excluding hydrogens is 171 g/mol. The average molecular weight is 176 g/mol. The molecule has 1 aromatic carbocycles. The Morgan fingerprint density at radius 2 is 1.78 bits per heavy atom. The van der Waals surface area contributed by atoms with Gasteiger partial charge in [-0.2, -0.15) is 0 Å². The minimum absolute atomic E-state index is 0. The molecule has 1 N–H and O–H groups in total. The molecule has 0 bridgehead atoms. The number of aromatic hydroxyl groups is 1. The summed E-state index contributed by atoms with van der Waals surface area (Å²) >= 11 is 5.46. The number of halogens is 1. The van der Waals surface area contributed by atoms with Crippen molar-refractivity contribution in [2.24, 2.45) is 0 Å². The molecule has 0 heterocycles. The predicted octanol–water partition coefficient (Wildman–Crippen LogP) is 2.04. The van der Waals surface area contributed by atoms with Crippen LogP contribution in [0.15, 0.2) is 24.3 Å². The van der Waals surface area contributed by atoms with Crippen molar-refractivity contribution in [3.63, 3.8) is 0 Å². The van der Waals surface area contributed by atoms with E-state index in [9.17, 15) is 0 Å². The molecule has 0 aliphatic carbocycles. The van der Waals surface area contributed by atoms with E-state index in [2.05, 4.69) is 0 Å². The van der Waals surface area contributed by atoms with Crippen molar-refractivity contribution in [1.82, 2.24) is 0 Å². The molecule has 0 aliphatic heterocycles. The zero-order valence-corrected chi connectivity index (χ0v) is 6.95. The summed E-state index contributed by atoms with van der Waals surface area (Å²) in [6, 6.07) is 6.67. The number of hydrogen-bond acceptors (Lipinski definition) is 1. The summed E-state index contributed by atoms with van der Waals surface area (Å²) in [5, 5.41) is 9.18. The molecule has 0 spiro atoms. The van der Waals surface area contributed by atoms with Gasteiger partial charge in [-0.3, -0.25) is 0 Å². The third-order valence-electron chi connectivity index (χ3n) is 0.852. The topological polar surface area (TPSA) is 20.2 Å². The molecule has 0 atom stereocenters. The van der Waals surface area contributed by atoms with Gasteiger partial charge in [-0.25, -0.2) is 0 Å². The van der Waals surface area contributed by atoms with E-state index in [1.165, 1.54) is 0 Å². The Morgan fingerprint density at radius 3 is 2.11 bits per heavy atom. The number of benzene rings is 1. The van der Waals surface area contributed by atoms with Gasteiger partial charge in [0.25, 0.3) is 0 Å². The second kappa shape index (κ2) is 3.94. The Bertz CT molecular complexity index is 169. The normalized spacial score (nSPS) is 8.11. The molecule has 9 heavy (non-hydrogen) atoms. The van der Waals surface area contributed by atoms with E-state index in [1.807, 2.05) is 0 Å². The van der Waals surface area contributed by atoms with E-state index in [0.29, 0.717) is 5.02 Å². The van der Waals surface area contributed by atoms with Gasteiger partial charge in [0.15, 0.2) is 0 Å². The van der Waals surface area contributed by atoms with Crippen molar-refractivity contribution in [3.05, 3.63) is 29.3 Å². The van der Waals surface area contributed by atoms with Crippen LogP contribution in [-0.4, -0.2) is 5.11 Å². The minimum atomic E-state index is 0. The molecule has 0 saturated heterocycles. The van der Waals surface area contributed by atoms with Gasteiger partial charge in [-0.1, -0.05) is 23.7 Å². The molecule has 0 aromatic heterocycles. The molecule has 0 aliphatic rings. The molecule has 0 radical (unpaired) electrons. The third-order valence-corrected chi connectivity index (χ3v) is 1.17. The van der Waals surface area contributed by atoms with Gasteiger partial charge in [0.1, 0.15) is 5.75 Å². The first-order valence-electron chi connectivity index (χ1n) is 2.24. The van der Waals surface area contributed by atoms with E-state index >= 15 is 0 Å². The summed E-state index contributed by atoms with van der Waals surface area (Å²) in [7, 11) is 0. The van der Waals surface area contributed by atoms with E-state index in [4.69, 9.17) is 16.7 Å². The molecule has 0 unspecified atom stereocenters. The van der Waals surface area contributed by atoms with Crippen LogP contribution in [0, 0.1) is 0 Å². The zero-order chi connectivity index (χ0) is 5.98. The fourth-order valence-corrected chi connectivity index (χ4v) is 0.587. The smallest absolute Gasteiger partial charge is 0.134 e. The van der Waals surface area contributed by atoms with E-state index in [-0.39, 0.29) is 27.5 Å². The first-order valence-corrected chi connectivity index (χ1v) is 2.62. The molecule has 1 aromatic rings. The maximum atomic E-state index is 8.79. The van der Waals surface area contributed by atoms with Crippen LogP contribution in [0.1, 0.15) is 0 Å². The summed E-state index contributed by atoms with van der Waals surface area (Å²) < 4.78 is 0. The summed E-state index contributed by atoms with van der Waals surface area (Å²) in [6.07, 6.45) is 0. The molecule has 0 amide bonds. The Kier molecular flexibility index (Phi) is 3.95. The SMILES string of the molecule is Oc1ccccc1Cl.[Ti]. The Morgan fingerprint density at radius 1 is 1.22 bits per heavy atom. The van der Waals surface area contributed by atoms with Crippen molar-refractivity contribution in [2.45, 2.75) is 0 Å². The number of phenols is 1. The van der Waals surface area contributed by atoms with Crippen LogP contribution in [0.2, 0.25) is 5.02 Å². The van der Waals surface area contributed by atoms with Crippen molar-refractivity contribution >= 4 is 11.6 Å². The Hall–Kier alpha value is 0.0243. The molecule has 0 saturated carbocycles. The summed E-state index contributed by atoms with van der Waals surface area (Å²) in [4.78, 5) is 0. The van der Waals surface area contributed by atoms with Crippen molar-refractivity contribution in [1.29, 1.82) is 0 Å². The summed E-state index contributed by atoms with van der Waals surface area (Å²) in [5.74, 6) is 0.133. The quantitative estimate of drug-likeness (QED) is 0.600. The van der Waals surface area contributed by atoms with Gasteiger partial charge >= 0.3 is 0 Å². The van der Waals surface area contributed by atoms with Crippen molar-refractivity contribution < 1.29 is 26.8 Å². The van der Waals surface area contributed by atoms with Gasteiger partial charge in [-0.05, 0) is 12.1 Å². The number of hydrogen-bond donors (Lipinski definition) is 1. The average Bonchev–Trinajstić information content (AvgIpc) is 1.77. The van der Waals surface area contributed by atoms with Crippen LogP contribution < -0.4 is 0 Å². The van der Waals surface area contributed by atoms with Crippen LogP contribution in [0.3, 0.4) is 0 Å². The largest absolute Gasteiger partial charge is 0.506 e. The van der Waals surface area contributed by atoms with Crippen LogP contribution in [0.4, 0.5) is 0 Å². The monoisotopic (exact) mass is 176 g/mol. The molecular formula is C6H5ClOTi. The number of para-hydroxylation sites is 1. The van der Waals surface area contributed by atoms with E-state index < -0.39 is 0 Å². The summed E-state index contributed by atoms with van der Waals surface area (Å²) in [6.45, 7) is 0. The van der Waals surface area contributed by atoms with Gasteiger partial charge < -0.3 is 5.11 Å². The number of phenolic OH excluding ortho intramolecular Hbond substituents is 1. The van der Waals surface area contributed by atoms with Gasteiger partial charge in [0.2, 0.25) is 0 Å². The Labute approximate surface area is 73.5 Å². The van der Waals surface area contributed by atoms with Crippen LogP contribution in [-0.2, 0) is 21.7 Å². The molecule has 1 nitrogen and oxygen atoms in total. The Balaban J connectivity index is 0.000000640. The first-order chi connectivity index (χ1) is 3.80. The van der Waals surface area contributed by atoms with Crippen LogP contribution in [0.25, 0.3) is 0 Å². The molecule has 1 rings (SSSR count). The van der Waals surface area contributed by atoms with Gasteiger partial charge in [0.05, 0.1) is 5.02 Å². The van der Waals surface area contributed by atoms with Crippen LogP contribution in [0.5, 0.6) is 5.75 Å². The minimum Gasteiger partial charge on any atom is -0.506 e. The molecule has 0 fully saturated rings. The summed E-state index contributed by atoms with van der Waals surface area (Å²) in [5.41, 5.74) is 0. The fraction of sp³-hybridized carbons (Fsp3) is 0. The second-order valence-corrected chi connectivity index (χ2v) is 1.86. The first kappa shape index (κ1) is 9.02. The van der Waals surface area contributed by atoms with Crippen molar-refractivity contribution in [2.75, 3.05) is 0 Å². The van der Waals surface area contributed by atoms with Gasteiger partial charge in [-0.15, -0.1) is 0 Å². The molecule has 3 heteroatoms. The predicted molar refractivity (Wildman–Crippen MR) is 33.1 cm³/mol. The van der Waals surface area contributed by atoms with Gasteiger partial charge in [0, 0.05) is 21.7 Å². The van der Waals surface area contributed by atoms with E-state index in [1.54, 1.807) is 24.3 Å². The maximum Gasteiger partial charge on any atom is 0.134 e. The van der Waals surface area contributed by atoms with Crippen molar-refractivity contribution in [3.8, 4) is 5.75 Å². The standard InChI is InChI=1S/C6H5ClO.Ti/c7-5-3-1-2-4-6(5)8;/h1-4,8H;.